The Balaban J connectivity index is 0.00000133. The lowest BCUT2D eigenvalue weighted by molar-refractivity contribution is 0.628. The van der Waals surface area contributed by atoms with E-state index in [0.717, 1.165) is 17.7 Å². The van der Waals surface area contributed by atoms with Crippen molar-refractivity contribution in [3.05, 3.63) is 59.9 Å². The molecule has 0 radical (unpaired) electrons. The van der Waals surface area contributed by atoms with Gasteiger partial charge in [0, 0.05) is 0 Å². The third kappa shape index (κ3) is 2.96. The Hall–Kier alpha value is -1.38. The van der Waals surface area contributed by atoms with Crippen LogP contribution in [0.25, 0.3) is 11.1 Å². The second-order valence-electron chi connectivity index (χ2n) is 4.97. The standard InChI is InChI=1S/C16H16FN.ClH/c17-15-7-5-12(6-8-15)11-1-3-13(4-2-11)16-9-14(16)10-18;/h1-8,14,16H,9-10,18H2;1H. The molecule has 19 heavy (non-hydrogen) atoms. The third-order valence-electron chi connectivity index (χ3n) is 3.74. The van der Waals surface area contributed by atoms with Crippen LogP contribution >= 0.6 is 12.4 Å². The lowest BCUT2D eigenvalue weighted by Gasteiger charge is -2.04. The fourth-order valence-corrected chi connectivity index (χ4v) is 2.48. The van der Waals surface area contributed by atoms with Crippen LogP contribution < -0.4 is 5.73 Å². The zero-order chi connectivity index (χ0) is 12.5. The Bertz CT molecular complexity index is 536. The molecule has 3 heteroatoms. The van der Waals surface area contributed by atoms with Gasteiger partial charge in [0.15, 0.2) is 0 Å². The molecule has 100 valence electrons. The summed E-state index contributed by atoms with van der Waals surface area (Å²) in [6, 6.07) is 15.2. The van der Waals surface area contributed by atoms with E-state index in [1.165, 1.54) is 24.1 Å². The molecule has 0 saturated heterocycles. The highest BCUT2D eigenvalue weighted by Crippen LogP contribution is 2.46. The molecular weight excluding hydrogens is 261 g/mol. The number of hydrogen-bond donors (Lipinski definition) is 1. The molecule has 0 heterocycles. The fourth-order valence-electron chi connectivity index (χ4n) is 2.48. The molecular formula is C16H17ClFN. The van der Waals surface area contributed by atoms with Gasteiger partial charge in [0.1, 0.15) is 5.82 Å². The molecule has 2 atom stereocenters. The number of halogens is 2. The maximum absolute atomic E-state index is 12.9. The van der Waals surface area contributed by atoms with E-state index in [0.29, 0.717) is 11.8 Å². The van der Waals surface area contributed by atoms with Crippen molar-refractivity contribution in [3.8, 4) is 11.1 Å². The van der Waals surface area contributed by atoms with E-state index < -0.39 is 0 Å². The van der Waals surface area contributed by atoms with Gasteiger partial charge in [0.2, 0.25) is 0 Å². The normalized spacial score (nSPS) is 20.7. The summed E-state index contributed by atoms with van der Waals surface area (Å²) in [6.07, 6.45) is 1.21. The van der Waals surface area contributed by atoms with Crippen molar-refractivity contribution >= 4 is 12.4 Å². The monoisotopic (exact) mass is 277 g/mol. The first-order valence-electron chi connectivity index (χ1n) is 6.34. The van der Waals surface area contributed by atoms with Crippen molar-refractivity contribution in [3.63, 3.8) is 0 Å². The highest BCUT2D eigenvalue weighted by atomic mass is 35.5. The van der Waals surface area contributed by atoms with Gasteiger partial charge in [-0.15, -0.1) is 12.4 Å². The molecule has 1 nitrogen and oxygen atoms in total. The molecule has 2 aromatic carbocycles. The zero-order valence-corrected chi connectivity index (χ0v) is 11.4. The van der Waals surface area contributed by atoms with Crippen molar-refractivity contribution in [1.29, 1.82) is 0 Å². The lowest BCUT2D eigenvalue weighted by Crippen LogP contribution is -2.01. The summed E-state index contributed by atoms with van der Waals surface area (Å²) in [4.78, 5) is 0. The Kier molecular flexibility index (Phi) is 4.23. The minimum atomic E-state index is -0.195. The van der Waals surface area contributed by atoms with Crippen molar-refractivity contribution in [1.82, 2.24) is 0 Å². The van der Waals surface area contributed by atoms with Crippen LogP contribution in [0.2, 0.25) is 0 Å². The van der Waals surface area contributed by atoms with Gasteiger partial charge in [-0.25, -0.2) is 4.39 Å². The van der Waals surface area contributed by atoms with Gasteiger partial charge in [-0.2, -0.15) is 0 Å². The summed E-state index contributed by atoms with van der Waals surface area (Å²) < 4.78 is 12.9. The summed E-state index contributed by atoms with van der Waals surface area (Å²) in [5.74, 6) is 1.12. The minimum Gasteiger partial charge on any atom is -0.330 e. The van der Waals surface area contributed by atoms with Crippen LogP contribution in [0, 0.1) is 11.7 Å². The lowest BCUT2D eigenvalue weighted by atomic mass is 10.0. The van der Waals surface area contributed by atoms with Gasteiger partial charge in [-0.1, -0.05) is 36.4 Å². The molecule has 1 fully saturated rings. The Labute approximate surface area is 119 Å². The molecule has 0 spiro atoms. The quantitative estimate of drug-likeness (QED) is 0.902. The second kappa shape index (κ2) is 5.72. The van der Waals surface area contributed by atoms with Gasteiger partial charge in [0.25, 0.3) is 0 Å². The predicted octanol–water partition coefficient (Wildman–Crippen LogP) is 3.98. The van der Waals surface area contributed by atoms with Crippen LogP contribution in [-0.4, -0.2) is 6.54 Å². The summed E-state index contributed by atoms with van der Waals surface area (Å²) in [5, 5.41) is 0. The van der Waals surface area contributed by atoms with E-state index in [-0.39, 0.29) is 18.2 Å². The molecule has 0 aliphatic heterocycles. The van der Waals surface area contributed by atoms with E-state index in [2.05, 4.69) is 24.3 Å². The molecule has 0 bridgehead atoms. The summed E-state index contributed by atoms with van der Waals surface area (Å²) in [7, 11) is 0. The van der Waals surface area contributed by atoms with Crippen molar-refractivity contribution in [2.45, 2.75) is 12.3 Å². The maximum atomic E-state index is 12.9. The van der Waals surface area contributed by atoms with Crippen molar-refractivity contribution in [2.24, 2.45) is 11.7 Å². The first-order valence-corrected chi connectivity index (χ1v) is 6.34. The Morgan fingerprint density at radius 3 is 1.95 bits per heavy atom. The smallest absolute Gasteiger partial charge is 0.123 e. The zero-order valence-electron chi connectivity index (χ0n) is 10.6. The van der Waals surface area contributed by atoms with Crippen LogP contribution in [-0.2, 0) is 0 Å². The van der Waals surface area contributed by atoms with Crippen LogP contribution in [0.3, 0.4) is 0 Å². The molecule has 1 aliphatic rings. The molecule has 0 amide bonds. The molecule has 0 aromatic heterocycles. The van der Waals surface area contributed by atoms with Gasteiger partial charge in [0.05, 0.1) is 0 Å². The van der Waals surface area contributed by atoms with Gasteiger partial charge in [-0.3, -0.25) is 0 Å². The molecule has 2 aromatic rings. The van der Waals surface area contributed by atoms with Crippen LogP contribution in [0.5, 0.6) is 0 Å². The molecule has 2 N–H and O–H groups in total. The predicted molar refractivity (Wildman–Crippen MR) is 79.0 cm³/mol. The SMILES string of the molecule is Cl.NCC1CC1c1ccc(-c2ccc(F)cc2)cc1. The first kappa shape index (κ1) is 14.0. The molecule has 1 aliphatic carbocycles. The molecule has 1 saturated carbocycles. The summed E-state index contributed by atoms with van der Waals surface area (Å²) >= 11 is 0. The van der Waals surface area contributed by atoms with Crippen molar-refractivity contribution < 1.29 is 4.39 Å². The fraction of sp³-hybridized carbons (Fsp3) is 0.250. The highest BCUT2D eigenvalue weighted by Gasteiger charge is 2.36. The molecule has 3 rings (SSSR count). The maximum Gasteiger partial charge on any atom is 0.123 e. The summed E-state index contributed by atoms with van der Waals surface area (Å²) in [5.41, 5.74) is 9.21. The summed E-state index contributed by atoms with van der Waals surface area (Å²) in [6.45, 7) is 0.782. The minimum absolute atomic E-state index is 0. The van der Waals surface area contributed by atoms with Crippen LogP contribution in [0.4, 0.5) is 4.39 Å². The van der Waals surface area contributed by atoms with E-state index >= 15 is 0 Å². The first-order chi connectivity index (χ1) is 8.78. The Morgan fingerprint density at radius 1 is 0.947 bits per heavy atom. The van der Waals surface area contributed by atoms with Crippen molar-refractivity contribution in [2.75, 3.05) is 6.54 Å². The number of hydrogen-bond acceptors (Lipinski definition) is 1. The van der Waals surface area contributed by atoms with E-state index in [9.17, 15) is 4.39 Å². The number of nitrogens with two attached hydrogens (primary N) is 1. The average molecular weight is 278 g/mol. The van der Waals surface area contributed by atoms with Gasteiger partial charge >= 0.3 is 0 Å². The number of benzene rings is 2. The molecule has 2 unspecified atom stereocenters. The third-order valence-corrected chi connectivity index (χ3v) is 3.74. The van der Waals surface area contributed by atoms with Gasteiger partial charge < -0.3 is 5.73 Å². The number of rotatable bonds is 3. The van der Waals surface area contributed by atoms with Gasteiger partial charge in [-0.05, 0) is 53.6 Å². The van der Waals surface area contributed by atoms with Crippen LogP contribution in [0.15, 0.2) is 48.5 Å². The van der Waals surface area contributed by atoms with Crippen LogP contribution in [0.1, 0.15) is 17.9 Å². The topological polar surface area (TPSA) is 26.0 Å². The van der Waals surface area contributed by atoms with E-state index in [4.69, 9.17) is 5.73 Å². The Morgan fingerprint density at radius 2 is 1.47 bits per heavy atom. The second-order valence-corrected chi connectivity index (χ2v) is 4.97. The largest absolute Gasteiger partial charge is 0.330 e. The average Bonchev–Trinajstić information content (AvgIpc) is 3.19. The highest BCUT2D eigenvalue weighted by molar-refractivity contribution is 5.85. The van der Waals surface area contributed by atoms with E-state index in [1.807, 2.05) is 12.1 Å². The van der Waals surface area contributed by atoms with E-state index in [1.54, 1.807) is 0 Å².